The Labute approximate surface area is 256 Å². The van der Waals surface area contributed by atoms with Gasteiger partial charge in [0.2, 0.25) is 0 Å². The van der Waals surface area contributed by atoms with E-state index in [4.69, 9.17) is 18.9 Å². The summed E-state index contributed by atoms with van der Waals surface area (Å²) < 4.78 is 24.7. The van der Waals surface area contributed by atoms with Crippen LogP contribution in [-0.2, 0) is 22.6 Å². The Morgan fingerprint density at radius 1 is 0.909 bits per heavy atom. The van der Waals surface area contributed by atoms with Crippen molar-refractivity contribution in [1.82, 2.24) is 4.57 Å². The lowest BCUT2D eigenvalue weighted by atomic mass is 10.1. The molecule has 0 saturated heterocycles. The van der Waals surface area contributed by atoms with E-state index in [1.165, 1.54) is 0 Å². The second-order valence-electron chi connectivity index (χ2n) is 10.8. The summed E-state index contributed by atoms with van der Waals surface area (Å²) in [6, 6.07) is 30.0. The van der Waals surface area contributed by atoms with Crippen LogP contribution in [0.2, 0.25) is 0 Å². The zero-order chi connectivity index (χ0) is 30.6. The van der Waals surface area contributed by atoms with Gasteiger partial charge in [-0.15, -0.1) is 0 Å². The largest absolute Gasteiger partial charge is 0.497 e. The number of anilines is 1. The molecule has 0 fully saturated rings. The van der Waals surface area contributed by atoms with E-state index in [1.807, 2.05) is 86.8 Å². The Bertz CT molecular complexity index is 1800. The van der Waals surface area contributed by atoms with Gasteiger partial charge in [-0.25, -0.2) is 0 Å². The molecule has 0 amide bonds. The molecule has 1 atom stereocenters. The van der Waals surface area contributed by atoms with Crippen LogP contribution in [0.15, 0.2) is 97.1 Å². The Morgan fingerprint density at radius 2 is 1.64 bits per heavy atom. The fraction of sp³-hybridized carbons (Fsp3) is 0.222. The Balaban J connectivity index is 1.13. The summed E-state index contributed by atoms with van der Waals surface area (Å²) in [4.78, 5) is 28.7. The number of para-hydroxylation sites is 1. The van der Waals surface area contributed by atoms with Crippen LogP contribution in [0.25, 0.3) is 10.9 Å². The summed E-state index contributed by atoms with van der Waals surface area (Å²) in [7, 11) is 3.66. The SMILES string of the molecule is COc1ccc2c(c1)N(C)CC(COc1ccc(C(=O)n3c(C)c(CC(=O)OCc4ccccc4)c4ccccc43)cc1)O2. The van der Waals surface area contributed by atoms with Gasteiger partial charge < -0.3 is 23.8 Å². The fourth-order valence-electron chi connectivity index (χ4n) is 5.59. The number of ether oxygens (including phenoxy) is 4. The standard InChI is InChI=1S/C36H34N2O6/c1-24-31(20-35(39)43-22-25-9-5-4-6-10-25)30-11-7-8-12-32(30)38(24)36(40)26-13-15-27(16-14-26)42-23-29-21-37(2)33-19-28(41-3)17-18-34(33)44-29/h4-19,29H,20-23H2,1-3H3. The predicted molar refractivity (Wildman–Crippen MR) is 169 cm³/mol. The number of benzene rings is 4. The number of fused-ring (bicyclic) bond motifs is 2. The van der Waals surface area contributed by atoms with Crippen LogP contribution < -0.4 is 19.1 Å². The summed E-state index contributed by atoms with van der Waals surface area (Å²) >= 11 is 0. The molecule has 0 radical (unpaired) electrons. The van der Waals surface area contributed by atoms with Crippen molar-refractivity contribution in [1.29, 1.82) is 0 Å². The molecule has 4 aromatic carbocycles. The van der Waals surface area contributed by atoms with Gasteiger partial charge in [-0.3, -0.25) is 14.2 Å². The third-order valence-electron chi connectivity index (χ3n) is 7.89. The third-order valence-corrected chi connectivity index (χ3v) is 7.89. The van der Waals surface area contributed by atoms with Crippen molar-refractivity contribution in [3.63, 3.8) is 0 Å². The molecule has 0 spiro atoms. The molecule has 8 heteroatoms. The highest BCUT2D eigenvalue weighted by Gasteiger charge is 2.25. The summed E-state index contributed by atoms with van der Waals surface area (Å²) in [6.07, 6.45) is -0.0863. The molecule has 0 bridgehead atoms. The van der Waals surface area contributed by atoms with Gasteiger partial charge in [-0.2, -0.15) is 0 Å². The molecule has 6 rings (SSSR count). The number of methoxy groups -OCH3 is 1. The third kappa shape index (κ3) is 5.97. The summed E-state index contributed by atoms with van der Waals surface area (Å²) in [5, 5.41) is 0.854. The number of carbonyl (C=O) groups excluding carboxylic acids is 2. The summed E-state index contributed by atoms with van der Waals surface area (Å²) in [5.41, 5.74) is 4.65. The second kappa shape index (κ2) is 12.6. The Morgan fingerprint density at radius 3 is 2.41 bits per heavy atom. The highest BCUT2D eigenvalue weighted by atomic mass is 16.5. The molecule has 1 aliphatic rings. The maximum absolute atomic E-state index is 13.8. The molecule has 2 heterocycles. The van der Waals surface area contributed by atoms with Crippen LogP contribution in [-0.4, -0.2) is 49.9 Å². The van der Waals surface area contributed by atoms with Gasteiger partial charge in [-0.05, 0) is 60.5 Å². The van der Waals surface area contributed by atoms with Crippen LogP contribution in [0.4, 0.5) is 5.69 Å². The van der Waals surface area contributed by atoms with Crippen molar-refractivity contribution in [3.8, 4) is 17.2 Å². The molecule has 1 unspecified atom stereocenters. The van der Waals surface area contributed by atoms with E-state index >= 15 is 0 Å². The number of carbonyl (C=O) groups is 2. The van der Waals surface area contributed by atoms with Crippen LogP contribution in [0, 0.1) is 6.92 Å². The number of nitrogens with zero attached hydrogens (tertiary/aromatic N) is 2. The highest BCUT2D eigenvalue weighted by Crippen LogP contribution is 2.36. The topological polar surface area (TPSA) is 79.2 Å². The smallest absolute Gasteiger partial charge is 0.310 e. The van der Waals surface area contributed by atoms with Crippen molar-refractivity contribution >= 4 is 28.5 Å². The predicted octanol–water partition coefficient (Wildman–Crippen LogP) is 6.21. The van der Waals surface area contributed by atoms with E-state index in [9.17, 15) is 9.59 Å². The van der Waals surface area contributed by atoms with Crippen LogP contribution in [0.1, 0.15) is 27.2 Å². The lowest BCUT2D eigenvalue weighted by Gasteiger charge is -2.33. The van der Waals surface area contributed by atoms with Gasteiger partial charge in [0.05, 0.1) is 31.3 Å². The molecular formula is C36H34N2O6. The van der Waals surface area contributed by atoms with Gasteiger partial charge in [-0.1, -0.05) is 48.5 Å². The normalized spacial score (nSPS) is 14.1. The molecular weight excluding hydrogens is 556 g/mol. The maximum Gasteiger partial charge on any atom is 0.310 e. The fourth-order valence-corrected chi connectivity index (χ4v) is 5.59. The molecule has 0 saturated carbocycles. The van der Waals surface area contributed by atoms with E-state index in [2.05, 4.69) is 4.90 Å². The first-order chi connectivity index (χ1) is 21.4. The number of esters is 1. The Hall–Kier alpha value is -5.24. The lowest BCUT2D eigenvalue weighted by molar-refractivity contribution is -0.144. The number of hydrogen-bond donors (Lipinski definition) is 0. The van der Waals surface area contributed by atoms with Crippen molar-refractivity contribution in [2.24, 2.45) is 0 Å². The van der Waals surface area contributed by atoms with Crippen LogP contribution >= 0.6 is 0 Å². The molecule has 1 aromatic heterocycles. The lowest BCUT2D eigenvalue weighted by Crippen LogP contribution is -2.41. The minimum atomic E-state index is -0.342. The first-order valence-electron chi connectivity index (χ1n) is 14.5. The van der Waals surface area contributed by atoms with Crippen molar-refractivity contribution in [3.05, 3.63) is 119 Å². The average Bonchev–Trinajstić information content (AvgIpc) is 3.33. The highest BCUT2D eigenvalue weighted by molar-refractivity contribution is 6.04. The minimum absolute atomic E-state index is 0.0721. The molecule has 0 N–H and O–H groups in total. The van der Waals surface area contributed by atoms with Gasteiger partial charge in [0, 0.05) is 29.8 Å². The first kappa shape index (κ1) is 28.9. The molecule has 1 aliphatic heterocycles. The zero-order valence-electron chi connectivity index (χ0n) is 25.0. The van der Waals surface area contributed by atoms with Gasteiger partial charge in [0.1, 0.15) is 36.6 Å². The number of rotatable bonds is 9. The minimum Gasteiger partial charge on any atom is -0.497 e. The molecule has 0 aliphatic carbocycles. The summed E-state index contributed by atoms with van der Waals surface area (Å²) in [6.45, 7) is 3.09. The molecule has 5 aromatic rings. The van der Waals surface area contributed by atoms with Crippen LogP contribution in [0.3, 0.4) is 0 Å². The molecule has 44 heavy (non-hydrogen) atoms. The maximum atomic E-state index is 13.8. The zero-order valence-corrected chi connectivity index (χ0v) is 25.0. The van der Waals surface area contributed by atoms with Gasteiger partial charge in [0.25, 0.3) is 5.91 Å². The Kier molecular flexibility index (Phi) is 8.23. The second-order valence-corrected chi connectivity index (χ2v) is 10.8. The quantitative estimate of drug-likeness (QED) is 0.189. The average molecular weight is 591 g/mol. The van der Waals surface area contributed by atoms with Crippen LogP contribution in [0.5, 0.6) is 17.2 Å². The van der Waals surface area contributed by atoms with E-state index < -0.39 is 0 Å². The first-order valence-corrected chi connectivity index (χ1v) is 14.5. The number of hydrogen-bond acceptors (Lipinski definition) is 7. The van der Waals surface area contributed by atoms with Gasteiger partial charge in [0.15, 0.2) is 0 Å². The van der Waals surface area contributed by atoms with Crippen molar-refractivity contribution in [2.45, 2.75) is 26.1 Å². The van der Waals surface area contributed by atoms with E-state index in [0.29, 0.717) is 30.2 Å². The number of likely N-dealkylation sites (N-methyl/N-ethyl adjacent to an activating group) is 1. The molecule has 8 nitrogen and oxygen atoms in total. The van der Waals surface area contributed by atoms with E-state index in [1.54, 1.807) is 35.9 Å². The molecule has 224 valence electrons. The van der Waals surface area contributed by atoms with E-state index in [-0.39, 0.29) is 31.0 Å². The van der Waals surface area contributed by atoms with Crippen molar-refractivity contribution in [2.75, 3.05) is 32.2 Å². The summed E-state index contributed by atoms with van der Waals surface area (Å²) in [5.74, 6) is 1.68. The number of aromatic nitrogens is 1. The van der Waals surface area contributed by atoms with Gasteiger partial charge >= 0.3 is 5.97 Å². The monoisotopic (exact) mass is 590 g/mol. The van der Waals surface area contributed by atoms with E-state index in [0.717, 1.165) is 39.2 Å². The van der Waals surface area contributed by atoms with Crippen molar-refractivity contribution < 1.29 is 28.5 Å².